The summed E-state index contributed by atoms with van der Waals surface area (Å²) >= 11 is 0. The minimum absolute atomic E-state index is 0.00509. The monoisotopic (exact) mass is 292 g/mol. The van der Waals surface area contributed by atoms with E-state index in [4.69, 9.17) is 0 Å². The fourth-order valence-electron chi connectivity index (χ4n) is 3.81. The molecule has 2 fully saturated rings. The molecular weight excluding hydrogens is 267 g/mol. The third-order valence-electron chi connectivity index (χ3n) is 5.17. The van der Waals surface area contributed by atoms with Gasteiger partial charge in [-0.15, -0.1) is 0 Å². The highest BCUT2D eigenvalue weighted by atomic mass is 19.1. The van der Waals surface area contributed by atoms with Crippen LogP contribution in [0.1, 0.15) is 44.2 Å². The van der Waals surface area contributed by atoms with Crippen molar-refractivity contribution in [1.82, 2.24) is 9.80 Å². The fourth-order valence-corrected chi connectivity index (χ4v) is 3.81. The van der Waals surface area contributed by atoms with E-state index >= 15 is 0 Å². The van der Waals surface area contributed by atoms with Crippen LogP contribution in [0.2, 0.25) is 0 Å². The molecule has 3 nitrogen and oxygen atoms in total. The Morgan fingerprint density at radius 3 is 2.43 bits per heavy atom. The molecule has 116 valence electrons. The van der Waals surface area contributed by atoms with Crippen molar-refractivity contribution < 1.29 is 9.50 Å². The first-order chi connectivity index (χ1) is 10.1. The molecule has 1 unspecified atom stereocenters. The van der Waals surface area contributed by atoms with Gasteiger partial charge < -0.3 is 5.11 Å². The summed E-state index contributed by atoms with van der Waals surface area (Å²) in [6, 6.07) is 5.34. The molecule has 1 atom stereocenters. The normalized spacial score (nSPS) is 23.5. The van der Waals surface area contributed by atoms with Crippen LogP contribution in [0.5, 0.6) is 5.75 Å². The molecule has 4 heteroatoms. The van der Waals surface area contributed by atoms with Crippen LogP contribution in [0.25, 0.3) is 0 Å². The molecule has 1 N–H and O–H groups in total. The molecule has 1 heterocycles. The lowest BCUT2D eigenvalue weighted by molar-refractivity contribution is 0.0740. The lowest BCUT2D eigenvalue weighted by Crippen LogP contribution is -2.50. The quantitative estimate of drug-likeness (QED) is 0.927. The Morgan fingerprint density at radius 2 is 1.81 bits per heavy atom. The molecule has 21 heavy (non-hydrogen) atoms. The highest BCUT2D eigenvalue weighted by molar-refractivity contribution is 5.29. The van der Waals surface area contributed by atoms with E-state index in [0.717, 1.165) is 32.2 Å². The smallest absolute Gasteiger partial charge is 0.131 e. The number of hydrogen-bond donors (Lipinski definition) is 1. The summed E-state index contributed by atoms with van der Waals surface area (Å²) in [6.07, 6.45) is 5.45. The molecule has 1 saturated heterocycles. The van der Waals surface area contributed by atoms with Gasteiger partial charge in [0.15, 0.2) is 0 Å². The third-order valence-corrected chi connectivity index (χ3v) is 5.17. The molecule has 1 aromatic carbocycles. The summed E-state index contributed by atoms with van der Waals surface area (Å²) in [5.41, 5.74) is 0.683. The number of halogens is 1. The Balaban J connectivity index is 1.60. The summed E-state index contributed by atoms with van der Waals surface area (Å²) in [6.45, 7) is 6.24. The maximum absolute atomic E-state index is 14.0. The minimum atomic E-state index is -0.305. The zero-order chi connectivity index (χ0) is 14.8. The van der Waals surface area contributed by atoms with Gasteiger partial charge in [0, 0.05) is 49.9 Å². The second kappa shape index (κ2) is 6.32. The van der Waals surface area contributed by atoms with Crippen molar-refractivity contribution in [1.29, 1.82) is 0 Å². The van der Waals surface area contributed by atoms with Crippen molar-refractivity contribution in [3.05, 3.63) is 29.6 Å². The van der Waals surface area contributed by atoms with Crippen molar-refractivity contribution in [3.63, 3.8) is 0 Å². The van der Waals surface area contributed by atoms with Gasteiger partial charge in [-0.3, -0.25) is 9.80 Å². The van der Waals surface area contributed by atoms with Gasteiger partial charge in [0.25, 0.3) is 0 Å². The van der Waals surface area contributed by atoms with Crippen LogP contribution < -0.4 is 0 Å². The number of hydrogen-bond acceptors (Lipinski definition) is 3. The van der Waals surface area contributed by atoms with Gasteiger partial charge >= 0.3 is 0 Å². The molecule has 0 bridgehead atoms. The van der Waals surface area contributed by atoms with Crippen molar-refractivity contribution in [2.75, 3.05) is 26.2 Å². The van der Waals surface area contributed by atoms with Gasteiger partial charge in [-0.2, -0.15) is 0 Å². The molecular formula is C17H25FN2O. The van der Waals surface area contributed by atoms with E-state index in [0.29, 0.717) is 5.56 Å². The van der Waals surface area contributed by atoms with E-state index in [1.54, 1.807) is 12.1 Å². The van der Waals surface area contributed by atoms with Gasteiger partial charge in [0.2, 0.25) is 0 Å². The molecule has 2 aliphatic rings. The third kappa shape index (κ3) is 3.22. The van der Waals surface area contributed by atoms with E-state index in [9.17, 15) is 9.50 Å². The van der Waals surface area contributed by atoms with E-state index < -0.39 is 0 Å². The average Bonchev–Trinajstić information content (AvgIpc) is 3.01. The van der Waals surface area contributed by atoms with Crippen LogP contribution in [0.15, 0.2) is 18.2 Å². The lowest BCUT2D eigenvalue weighted by atomic mass is 10.0. The van der Waals surface area contributed by atoms with Crippen LogP contribution in [0, 0.1) is 5.82 Å². The molecule has 0 aromatic heterocycles. The fraction of sp³-hybridized carbons (Fsp3) is 0.647. The van der Waals surface area contributed by atoms with Crippen molar-refractivity contribution in [2.45, 2.75) is 44.7 Å². The number of piperazine rings is 1. The summed E-state index contributed by atoms with van der Waals surface area (Å²) in [7, 11) is 0. The second-order valence-electron chi connectivity index (χ2n) is 6.39. The van der Waals surface area contributed by atoms with Crippen molar-refractivity contribution in [2.24, 2.45) is 0 Å². The van der Waals surface area contributed by atoms with Crippen LogP contribution in [0.4, 0.5) is 4.39 Å². The van der Waals surface area contributed by atoms with Gasteiger partial charge in [-0.1, -0.05) is 18.9 Å². The Bertz CT molecular complexity index is 480. The van der Waals surface area contributed by atoms with Gasteiger partial charge in [-0.05, 0) is 25.8 Å². The predicted octanol–water partition coefficient (Wildman–Crippen LogP) is 3.15. The summed E-state index contributed by atoms with van der Waals surface area (Å²) in [5, 5.41) is 9.33. The minimum Gasteiger partial charge on any atom is -0.508 e. The van der Waals surface area contributed by atoms with Gasteiger partial charge in [0.05, 0.1) is 0 Å². The average molecular weight is 292 g/mol. The molecule has 3 rings (SSSR count). The molecule has 0 radical (unpaired) electrons. The number of aromatic hydroxyl groups is 1. The summed E-state index contributed by atoms with van der Waals surface area (Å²) in [5.74, 6) is -0.310. The lowest BCUT2D eigenvalue weighted by Gasteiger charge is -2.40. The highest BCUT2D eigenvalue weighted by Crippen LogP contribution is 2.29. The van der Waals surface area contributed by atoms with Crippen LogP contribution in [0.3, 0.4) is 0 Å². The maximum Gasteiger partial charge on any atom is 0.131 e. The standard InChI is InChI=1S/C17H25FN2O/c1-13(16-7-6-15(21)12-17(16)18)19-8-10-20(11-9-19)14-4-2-3-5-14/h6-7,12-14,21H,2-5,8-11H2,1H3. The second-order valence-corrected chi connectivity index (χ2v) is 6.39. The first-order valence-corrected chi connectivity index (χ1v) is 8.11. The summed E-state index contributed by atoms with van der Waals surface area (Å²) < 4.78 is 14.0. The molecule has 1 aliphatic heterocycles. The highest BCUT2D eigenvalue weighted by Gasteiger charge is 2.28. The number of phenolic OH excluding ortho intramolecular Hbond substituents is 1. The number of phenols is 1. The summed E-state index contributed by atoms with van der Waals surface area (Å²) in [4.78, 5) is 4.96. The Labute approximate surface area is 126 Å². The van der Waals surface area contributed by atoms with Gasteiger partial charge in [-0.25, -0.2) is 4.39 Å². The molecule has 1 aromatic rings. The Kier molecular flexibility index (Phi) is 4.45. The van der Waals surface area contributed by atoms with E-state index in [1.807, 2.05) is 0 Å². The molecule has 0 spiro atoms. The first kappa shape index (κ1) is 14.8. The molecule has 0 amide bonds. The van der Waals surface area contributed by atoms with Crippen molar-refractivity contribution in [3.8, 4) is 5.75 Å². The topological polar surface area (TPSA) is 26.7 Å². The number of nitrogens with zero attached hydrogens (tertiary/aromatic N) is 2. The van der Waals surface area contributed by atoms with Crippen LogP contribution >= 0.6 is 0 Å². The largest absolute Gasteiger partial charge is 0.508 e. The van der Waals surface area contributed by atoms with Crippen molar-refractivity contribution >= 4 is 0 Å². The van der Waals surface area contributed by atoms with Crippen LogP contribution in [-0.2, 0) is 0 Å². The zero-order valence-electron chi connectivity index (χ0n) is 12.8. The van der Waals surface area contributed by atoms with Gasteiger partial charge in [0.1, 0.15) is 11.6 Å². The number of benzene rings is 1. The Morgan fingerprint density at radius 1 is 1.14 bits per heavy atom. The maximum atomic E-state index is 14.0. The predicted molar refractivity (Wildman–Crippen MR) is 81.9 cm³/mol. The number of rotatable bonds is 3. The molecule has 1 saturated carbocycles. The zero-order valence-corrected chi connectivity index (χ0v) is 12.8. The molecule has 1 aliphatic carbocycles. The Hall–Kier alpha value is -1.13. The SMILES string of the molecule is CC(c1ccc(O)cc1F)N1CCN(C2CCCC2)CC1. The van der Waals surface area contributed by atoms with E-state index in [-0.39, 0.29) is 17.6 Å². The van der Waals surface area contributed by atoms with E-state index in [2.05, 4.69) is 16.7 Å². The van der Waals surface area contributed by atoms with E-state index in [1.165, 1.54) is 31.7 Å². The first-order valence-electron chi connectivity index (χ1n) is 8.11. The van der Waals surface area contributed by atoms with Crippen LogP contribution in [-0.4, -0.2) is 47.1 Å².